The summed E-state index contributed by atoms with van der Waals surface area (Å²) in [7, 11) is 0. The third-order valence-electron chi connectivity index (χ3n) is 2.07. The number of ether oxygens (including phenoxy) is 1. The van der Waals surface area contributed by atoms with Gasteiger partial charge in [0.25, 0.3) is 0 Å². The Kier molecular flexibility index (Phi) is 7.52. The van der Waals surface area contributed by atoms with Gasteiger partial charge in [0.05, 0.1) is 5.60 Å². The van der Waals surface area contributed by atoms with E-state index < -0.39 is 0 Å². The van der Waals surface area contributed by atoms with Gasteiger partial charge in [-0.25, -0.2) is 0 Å². The van der Waals surface area contributed by atoms with Crippen LogP contribution < -0.4 is 0 Å². The van der Waals surface area contributed by atoms with Crippen LogP contribution in [0.5, 0.6) is 0 Å². The molecule has 0 N–H and O–H groups in total. The van der Waals surface area contributed by atoms with E-state index in [0.29, 0.717) is 0 Å². The number of benzene rings is 1. The van der Waals surface area contributed by atoms with E-state index in [-0.39, 0.29) is 5.60 Å². The molecule has 2 heteroatoms. The maximum Gasteiger partial charge on any atom is 0.0875 e. The van der Waals surface area contributed by atoms with Crippen molar-refractivity contribution in [3.63, 3.8) is 0 Å². The van der Waals surface area contributed by atoms with Gasteiger partial charge >= 0.3 is 0 Å². The Hall–Kier alpha value is -0.470. The fourth-order valence-electron chi connectivity index (χ4n) is 1.31. The molecule has 1 aromatic rings. The highest BCUT2D eigenvalue weighted by Crippen LogP contribution is 2.25. The molecule has 0 aliphatic heterocycles. The molecule has 92 valence electrons. The number of thiol groups is 1. The fourth-order valence-corrected chi connectivity index (χ4v) is 1.46. The van der Waals surface area contributed by atoms with Gasteiger partial charge < -0.3 is 4.74 Å². The van der Waals surface area contributed by atoms with Gasteiger partial charge in [0.15, 0.2) is 0 Å². The summed E-state index contributed by atoms with van der Waals surface area (Å²) in [5, 5.41) is 0. The van der Waals surface area contributed by atoms with Gasteiger partial charge in [-0.05, 0) is 38.5 Å². The molecular weight excluding hydrogens is 216 g/mol. The molecule has 0 aromatic heterocycles. The van der Waals surface area contributed by atoms with Crippen molar-refractivity contribution in [2.75, 3.05) is 6.61 Å². The van der Waals surface area contributed by atoms with Crippen LogP contribution in [0.3, 0.4) is 0 Å². The monoisotopic (exact) mass is 240 g/mol. The summed E-state index contributed by atoms with van der Waals surface area (Å²) >= 11 is 4.24. The summed E-state index contributed by atoms with van der Waals surface area (Å²) in [5.41, 5.74) is 0.989. The molecule has 0 fully saturated rings. The van der Waals surface area contributed by atoms with E-state index >= 15 is 0 Å². The van der Waals surface area contributed by atoms with Crippen LogP contribution >= 0.6 is 12.6 Å². The summed E-state index contributed by atoms with van der Waals surface area (Å²) in [6.45, 7) is 11.1. The summed E-state index contributed by atoms with van der Waals surface area (Å²) in [5.74, 6) is 0. The largest absolute Gasteiger partial charge is 0.371 e. The lowest BCUT2D eigenvalue weighted by Gasteiger charge is -2.25. The van der Waals surface area contributed by atoms with Crippen LogP contribution in [-0.4, -0.2) is 6.61 Å². The first kappa shape index (κ1) is 15.5. The van der Waals surface area contributed by atoms with Crippen LogP contribution in [0.2, 0.25) is 0 Å². The van der Waals surface area contributed by atoms with E-state index in [1.165, 1.54) is 12.0 Å². The van der Waals surface area contributed by atoms with E-state index in [2.05, 4.69) is 52.5 Å². The molecule has 1 rings (SSSR count). The lowest BCUT2D eigenvalue weighted by Crippen LogP contribution is -2.21. The van der Waals surface area contributed by atoms with Crippen molar-refractivity contribution in [3.8, 4) is 0 Å². The zero-order valence-electron chi connectivity index (χ0n) is 11.1. The highest BCUT2D eigenvalue weighted by molar-refractivity contribution is 7.80. The topological polar surface area (TPSA) is 9.23 Å². The Morgan fingerprint density at radius 1 is 1.06 bits per heavy atom. The predicted octanol–water partition coefficient (Wildman–Crippen LogP) is 4.66. The lowest BCUT2D eigenvalue weighted by molar-refractivity contribution is -0.0140. The number of hydrogen-bond donors (Lipinski definition) is 1. The van der Waals surface area contributed by atoms with Gasteiger partial charge in [0.2, 0.25) is 0 Å². The Balaban J connectivity index is 0.000000673. The molecule has 0 unspecified atom stereocenters. The molecule has 16 heavy (non-hydrogen) atoms. The summed E-state index contributed by atoms with van der Waals surface area (Å²) in [6.07, 6.45) is 1.25. The highest BCUT2D eigenvalue weighted by Gasteiger charge is 2.19. The van der Waals surface area contributed by atoms with Gasteiger partial charge in [-0.3, -0.25) is 0 Å². The van der Waals surface area contributed by atoms with Crippen molar-refractivity contribution in [2.45, 2.75) is 51.5 Å². The Morgan fingerprint density at radius 3 is 1.88 bits per heavy atom. The number of hydrogen-bond acceptors (Lipinski definition) is 2. The van der Waals surface area contributed by atoms with Crippen molar-refractivity contribution >= 4 is 12.6 Å². The molecule has 0 amide bonds. The van der Waals surface area contributed by atoms with Gasteiger partial charge in [0.1, 0.15) is 0 Å². The van der Waals surface area contributed by atoms with Gasteiger partial charge in [-0.2, -0.15) is 0 Å². The van der Waals surface area contributed by atoms with Crippen LogP contribution in [0.15, 0.2) is 29.2 Å². The van der Waals surface area contributed by atoms with Gasteiger partial charge in [-0.1, -0.05) is 32.4 Å². The molecule has 0 aliphatic rings. The Morgan fingerprint density at radius 2 is 1.50 bits per heavy atom. The molecule has 0 spiro atoms. The van der Waals surface area contributed by atoms with E-state index in [1.807, 2.05) is 19.1 Å². The molecule has 1 nitrogen and oxygen atoms in total. The van der Waals surface area contributed by atoms with Crippen LogP contribution in [-0.2, 0) is 10.3 Å². The van der Waals surface area contributed by atoms with Crippen LogP contribution in [0.25, 0.3) is 0 Å². The molecule has 0 aliphatic carbocycles. The van der Waals surface area contributed by atoms with Crippen molar-refractivity contribution in [1.82, 2.24) is 0 Å². The van der Waals surface area contributed by atoms with Crippen molar-refractivity contribution in [2.24, 2.45) is 0 Å². The van der Waals surface area contributed by atoms with E-state index in [4.69, 9.17) is 4.74 Å². The minimum absolute atomic E-state index is 0.198. The summed E-state index contributed by atoms with van der Waals surface area (Å²) in [4.78, 5) is 0.982. The highest BCUT2D eigenvalue weighted by atomic mass is 32.1. The molecule has 0 atom stereocenters. The third kappa shape index (κ3) is 5.57. The Bertz CT molecular complexity index is 277. The molecular formula is C14H24OS. The Labute approximate surface area is 106 Å². The average Bonchev–Trinajstić information content (AvgIpc) is 2.19. The molecule has 1 aromatic carbocycles. The van der Waals surface area contributed by atoms with Crippen LogP contribution in [0, 0.1) is 0 Å². The molecule has 0 heterocycles. The smallest absolute Gasteiger partial charge is 0.0875 e. The first-order valence-corrected chi connectivity index (χ1v) is 6.36. The summed E-state index contributed by atoms with van der Waals surface area (Å²) < 4.78 is 5.63. The second-order valence-electron chi connectivity index (χ2n) is 4.20. The van der Waals surface area contributed by atoms with E-state index in [9.17, 15) is 0 Å². The zero-order valence-corrected chi connectivity index (χ0v) is 12.0. The van der Waals surface area contributed by atoms with Crippen LogP contribution in [0.1, 0.15) is 46.6 Å². The maximum absolute atomic E-state index is 5.63. The normalized spacial score (nSPS) is 10.6. The standard InChI is InChI=1S/C11H16OS.C3H8/c1-4-12-11(2,3)9-5-7-10(13)8-6-9;1-3-2/h5-8,13H,4H2,1-3H3;3H2,1-2H3. The maximum atomic E-state index is 5.63. The van der Waals surface area contributed by atoms with E-state index in [1.54, 1.807) is 0 Å². The van der Waals surface area contributed by atoms with Gasteiger partial charge in [0, 0.05) is 11.5 Å². The van der Waals surface area contributed by atoms with Crippen molar-refractivity contribution in [1.29, 1.82) is 0 Å². The van der Waals surface area contributed by atoms with Crippen molar-refractivity contribution < 1.29 is 4.74 Å². The first-order valence-electron chi connectivity index (χ1n) is 5.91. The number of rotatable bonds is 3. The second-order valence-corrected chi connectivity index (χ2v) is 4.71. The third-order valence-corrected chi connectivity index (χ3v) is 2.37. The van der Waals surface area contributed by atoms with Crippen LogP contribution in [0.4, 0.5) is 0 Å². The van der Waals surface area contributed by atoms with Crippen molar-refractivity contribution in [3.05, 3.63) is 29.8 Å². The molecule has 0 bridgehead atoms. The lowest BCUT2D eigenvalue weighted by atomic mass is 9.98. The second kappa shape index (κ2) is 7.75. The SMILES string of the molecule is CCC.CCOC(C)(C)c1ccc(S)cc1. The van der Waals surface area contributed by atoms with E-state index in [0.717, 1.165) is 11.5 Å². The molecule has 0 saturated carbocycles. The predicted molar refractivity (Wildman–Crippen MR) is 74.3 cm³/mol. The minimum Gasteiger partial charge on any atom is -0.371 e. The van der Waals surface area contributed by atoms with Gasteiger partial charge in [-0.15, -0.1) is 12.6 Å². The molecule has 0 saturated heterocycles. The zero-order chi connectivity index (χ0) is 12.6. The fraction of sp³-hybridized carbons (Fsp3) is 0.571. The summed E-state index contributed by atoms with van der Waals surface area (Å²) in [6, 6.07) is 8.08. The molecule has 0 radical (unpaired) electrons. The quantitative estimate of drug-likeness (QED) is 0.756. The minimum atomic E-state index is -0.198. The first-order chi connectivity index (χ1) is 7.47. The average molecular weight is 240 g/mol.